The number of thioether (sulfide) groups is 1. The Morgan fingerprint density at radius 3 is 2.88 bits per heavy atom. The summed E-state index contributed by atoms with van der Waals surface area (Å²) in [5.74, 6) is 2.36. The molecule has 1 N–H and O–H groups in total. The second kappa shape index (κ2) is 5.41. The molecule has 0 amide bonds. The molecule has 92 valence electrons. The summed E-state index contributed by atoms with van der Waals surface area (Å²) in [6.45, 7) is 3.32. The highest BCUT2D eigenvalue weighted by Gasteiger charge is 2.38. The predicted molar refractivity (Wildman–Crippen MR) is 66.9 cm³/mol. The van der Waals surface area contributed by atoms with Gasteiger partial charge in [0.2, 0.25) is 0 Å². The molecule has 0 aromatic heterocycles. The van der Waals surface area contributed by atoms with Crippen LogP contribution in [-0.4, -0.2) is 46.1 Å². The number of rotatable bonds is 5. The Morgan fingerprint density at radius 2 is 2.31 bits per heavy atom. The Balaban J connectivity index is 1.99. The van der Waals surface area contributed by atoms with Crippen molar-refractivity contribution in [1.29, 1.82) is 0 Å². The lowest BCUT2D eigenvalue weighted by atomic mass is 10.0. The zero-order valence-corrected chi connectivity index (χ0v) is 10.7. The highest BCUT2D eigenvalue weighted by molar-refractivity contribution is 7.99. The van der Waals surface area contributed by atoms with Gasteiger partial charge >= 0.3 is 5.97 Å². The fraction of sp³-hybridized carbons (Fsp3) is 0.917. The molecule has 1 aliphatic carbocycles. The van der Waals surface area contributed by atoms with Crippen LogP contribution in [0, 0.1) is 5.92 Å². The van der Waals surface area contributed by atoms with E-state index in [-0.39, 0.29) is 6.04 Å². The maximum Gasteiger partial charge on any atom is 0.304 e. The van der Waals surface area contributed by atoms with Gasteiger partial charge in [-0.2, -0.15) is 11.8 Å². The summed E-state index contributed by atoms with van der Waals surface area (Å²) in [6.07, 6.45) is 4.19. The van der Waals surface area contributed by atoms with E-state index >= 15 is 0 Å². The average molecular weight is 243 g/mol. The minimum absolute atomic E-state index is 0.266. The van der Waals surface area contributed by atoms with Crippen LogP contribution in [-0.2, 0) is 4.79 Å². The molecule has 1 saturated heterocycles. The molecule has 2 rings (SSSR count). The van der Waals surface area contributed by atoms with Gasteiger partial charge in [0, 0.05) is 30.1 Å². The second-order valence-corrected chi connectivity index (χ2v) is 6.03. The maximum absolute atomic E-state index is 10.9. The van der Waals surface area contributed by atoms with Crippen LogP contribution >= 0.6 is 11.8 Å². The fourth-order valence-electron chi connectivity index (χ4n) is 2.80. The van der Waals surface area contributed by atoms with Crippen molar-refractivity contribution < 1.29 is 9.90 Å². The maximum atomic E-state index is 10.9. The van der Waals surface area contributed by atoms with E-state index in [2.05, 4.69) is 11.8 Å². The third kappa shape index (κ3) is 2.92. The Morgan fingerprint density at radius 1 is 1.56 bits per heavy atom. The number of nitrogens with zero attached hydrogens (tertiary/aromatic N) is 1. The third-order valence-corrected chi connectivity index (χ3v) is 4.79. The predicted octanol–water partition coefficient (Wildman–Crippen LogP) is 2.07. The van der Waals surface area contributed by atoms with Gasteiger partial charge < -0.3 is 5.11 Å². The summed E-state index contributed by atoms with van der Waals surface area (Å²) in [5, 5.41) is 8.96. The van der Waals surface area contributed by atoms with E-state index in [1.54, 1.807) is 0 Å². The van der Waals surface area contributed by atoms with Gasteiger partial charge in [-0.05, 0) is 25.2 Å². The minimum atomic E-state index is -0.650. The topological polar surface area (TPSA) is 40.5 Å². The van der Waals surface area contributed by atoms with E-state index in [1.165, 1.54) is 25.0 Å². The summed E-state index contributed by atoms with van der Waals surface area (Å²) in [5.41, 5.74) is 0. The van der Waals surface area contributed by atoms with Gasteiger partial charge in [0.05, 0.1) is 6.42 Å². The van der Waals surface area contributed by atoms with Crippen molar-refractivity contribution in [3.63, 3.8) is 0 Å². The highest BCUT2D eigenvalue weighted by atomic mass is 32.2. The van der Waals surface area contributed by atoms with Gasteiger partial charge in [-0.1, -0.05) is 6.92 Å². The standard InChI is InChI=1S/C12H21NO2S/c1-2-11(9-3-4-9)13-5-6-16-8-10(13)7-12(14)15/h9-11H,2-8H2,1H3,(H,14,15). The molecular formula is C12H21NO2S. The highest BCUT2D eigenvalue weighted by Crippen LogP contribution is 2.39. The van der Waals surface area contributed by atoms with Crippen molar-refractivity contribution in [2.75, 3.05) is 18.1 Å². The van der Waals surface area contributed by atoms with Crippen molar-refractivity contribution in [1.82, 2.24) is 4.90 Å². The van der Waals surface area contributed by atoms with Gasteiger partial charge in [0.15, 0.2) is 0 Å². The molecule has 4 heteroatoms. The van der Waals surface area contributed by atoms with E-state index in [4.69, 9.17) is 5.11 Å². The monoisotopic (exact) mass is 243 g/mol. The van der Waals surface area contributed by atoms with E-state index in [0.717, 1.165) is 18.2 Å². The van der Waals surface area contributed by atoms with E-state index in [9.17, 15) is 4.79 Å². The summed E-state index contributed by atoms with van der Waals surface area (Å²) >= 11 is 1.90. The van der Waals surface area contributed by atoms with Gasteiger partial charge in [0.25, 0.3) is 0 Å². The molecule has 1 saturated carbocycles. The lowest BCUT2D eigenvalue weighted by Crippen LogP contribution is -2.50. The van der Waals surface area contributed by atoms with Crippen molar-refractivity contribution in [3.8, 4) is 0 Å². The van der Waals surface area contributed by atoms with Gasteiger partial charge in [-0.3, -0.25) is 9.69 Å². The molecule has 2 fully saturated rings. The number of carboxylic acid groups (broad SMARTS) is 1. The number of hydrogen-bond donors (Lipinski definition) is 1. The van der Waals surface area contributed by atoms with E-state index in [1.807, 2.05) is 11.8 Å². The minimum Gasteiger partial charge on any atom is -0.481 e. The lowest BCUT2D eigenvalue weighted by Gasteiger charge is -2.40. The fourth-order valence-corrected chi connectivity index (χ4v) is 3.89. The van der Waals surface area contributed by atoms with Gasteiger partial charge in [-0.15, -0.1) is 0 Å². The first-order chi connectivity index (χ1) is 7.72. The molecule has 0 bridgehead atoms. The molecule has 0 radical (unpaired) electrons. The zero-order chi connectivity index (χ0) is 11.5. The van der Waals surface area contributed by atoms with Crippen molar-refractivity contribution in [3.05, 3.63) is 0 Å². The first-order valence-electron chi connectivity index (χ1n) is 6.27. The van der Waals surface area contributed by atoms with Crippen LogP contribution in [0.3, 0.4) is 0 Å². The number of aliphatic carboxylic acids is 1. The summed E-state index contributed by atoms with van der Waals surface area (Å²) < 4.78 is 0. The van der Waals surface area contributed by atoms with E-state index in [0.29, 0.717) is 12.5 Å². The number of carboxylic acids is 1. The normalized spacial score (nSPS) is 28.9. The van der Waals surface area contributed by atoms with Crippen LogP contribution in [0.2, 0.25) is 0 Å². The molecule has 0 aromatic rings. The molecule has 1 aliphatic heterocycles. The number of hydrogen-bond acceptors (Lipinski definition) is 3. The second-order valence-electron chi connectivity index (χ2n) is 4.88. The van der Waals surface area contributed by atoms with Gasteiger partial charge in [0.1, 0.15) is 0 Å². The molecule has 0 spiro atoms. The number of carbonyl (C=O) groups is 1. The van der Waals surface area contributed by atoms with Crippen LogP contribution < -0.4 is 0 Å². The van der Waals surface area contributed by atoms with Crippen LogP contribution in [0.5, 0.6) is 0 Å². The molecule has 2 unspecified atom stereocenters. The smallest absolute Gasteiger partial charge is 0.304 e. The Bertz CT molecular complexity index is 255. The third-order valence-electron chi connectivity index (χ3n) is 3.69. The molecular weight excluding hydrogens is 222 g/mol. The first kappa shape index (κ1) is 12.2. The molecule has 2 atom stereocenters. The molecule has 2 aliphatic rings. The zero-order valence-electron chi connectivity index (χ0n) is 9.89. The van der Waals surface area contributed by atoms with Crippen molar-refractivity contribution >= 4 is 17.7 Å². The van der Waals surface area contributed by atoms with Crippen LogP contribution in [0.15, 0.2) is 0 Å². The SMILES string of the molecule is CCC(C1CC1)N1CCSCC1CC(=O)O. The van der Waals surface area contributed by atoms with Crippen LogP contribution in [0.25, 0.3) is 0 Å². The summed E-state index contributed by atoms with van der Waals surface area (Å²) in [4.78, 5) is 13.4. The van der Waals surface area contributed by atoms with Crippen LogP contribution in [0.1, 0.15) is 32.6 Å². The first-order valence-corrected chi connectivity index (χ1v) is 7.43. The molecule has 3 nitrogen and oxygen atoms in total. The van der Waals surface area contributed by atoms with Crippen molar-refractivity contribution in [2.45, 2.75) is 44.7 Å². The molecule has 1 heterocycles. The summed E-state index contributed by atoms with van der Waals surface area (Å²) in [6, 6.07) is 0.909. The Hall–Kier alpha value is -0.220. The Labute approximate surface area is 102 Å². The van der Waals surface area contributed by atoms with E-state index < -0.39 is 5.97 Å². The Kier molecular flexibility index (Phi) is 4.14. The molecule has 0 aromatic carbocycles. The average Bonchev–Trinajstić information content (AvgIpc) is 3.05. The molecule has 16 heavy (non-hydrogen) atoms. The largest absolute Gasteiger partial charge is 0.481 e. The summed E-state index contributed by atoms with van der Waals surface area (Å²) in [7, 11) is 0. The quantitative estimate of drug-likeness (QED) is 0.802. The van der Waals surface area contributed by atoms with Gasteiger partial charge in [-0.25, -0.2) is 0 Å². The van der Waals surface area contributed by atoms with Crippen LogP contribution in [0.4, 0.5) is 0 Å². The van der Waals surface area contributed by atoms with Crippen molar-refractivity contribution in [2.24, 2.45) is 5.92 Å². The lowest BCUT2D eigenvalue weighted by molar-refractivity contribution is -0.138.